The molecule has 0 amide bonds. The molecule has 0 radical (unpaired) electrons. The Hall–Kier alpha value is -1.13. The molecule has 0 saturated carbocycles. The van der Waals surface area contributed by atoms with Crippen molar-refractivity contribution in [1.82, 2.24) is 0 Å². The van der Waals surface area contributed by atoms with Crippen molar-refractivity contribution in [2.45, 2.75) is 6.92 Å². The molecule has 0 bridgehead atoms. The predicted octanol–water partition coefficient (Wildman–Crippen LogP) is 4.42. The monoisotopic (exact) mass is 296 g/mol. The van der Waals surface area contributed by atoms with Crippen molar-refractivity contribution in [1.29, 1.82) is 0 Å². The molecule has 4 heteroatoms. The van der Waals surface area contributed by atoms with Gasteiger partial charge in [-0.15, -0.1) is 0 Å². The average molecular weight is 297 g/mol. The Morgan fingerprint density at radius 2 is 2.12 bits per heavy atom. The first-order valence-corrected chi connectivity index (χ1v) is 6.29. The largest absolute Gasteiger partial charge is 0.446 e. The minimum atomic E-state index is 0.669. The van der Waals surface area contributed by atoms with Crippen LogP contribution in [0.25, 0.3) is 0 Å². The number of rotatable bonds is 3. The molecule has 0 aliphatic carbocycles. The Balaban J connectivity index is 2.26. The molecule has 0 atom stereocenters. The molecule has 0 aliphatic heterocycles. The molecule has 2 aromatic rings. The lowest BCUT2D eigenvalue weighted by Crippen LogP contribution is -1.84. The molecule has 1 heterocycles. The fourth-order valence-corrected chi connectivity index (χ4v) is 2.27. The van der Waals surface area contributed by atoms with Crippen molar-refractivity contribution < 1.29 is 9.53 Å². The third-order valence-corrected chi connectivity index (χ3v) is 3.46. The van der Waals surface area contributed by atoms with E-state index in [9.17, 15) is 4.79 Å². The van der Waals surface area contributed by atoms with Gasteiger partial charge in [-0.05, 0) is 36.8 Å². The van der Waals surface area contributed by atoms with E-state index >= 15 is 0 Å². The fourth-order valence-electron chi connectivity index (χ4n) is 1.24. The van der Waals surface area contributed by atoms with Gasteiger partial charge in [0.25, 0.3) is 0 Å². The maximum atomic E-state index is 10.5. The summed E-state index contributed by atoms with van der Waals surface area (Å²) in [7, 11) is 0. The minimum absolute atomic E-state index is 0.669. The quantitative estimate of drug-likeness (QED) is 0.784. The molecule has 1 aromatic carbocycles. The molecular weight excluding hydrogens is 288 g/mol. The van der Waals surface area contributed by atoms with Gasteiger partial charge in [-0.25, -0.2) is 0 Å². The molecule has 0 aliphatic rings. The van der Waals surface area contributed by atoms with E-state index in [0.717, 1.165) is 27.1 Å². The number of carbonyl (C=O) groups excluding carboxylic acids is 1. The summed E-state index contributed by atoms with van der Waals surface area (Å²) >= 11 is 4.73. The number of benzene rings is 1. The van der Waals surface area contributed by atoms with Gasteiger partial charge in [-0.1, -0.05) is 33.3 Å². The molecular formula is C12H9BrO2S. The summed E-state index contributed by atoms with van der Waals surface area (Å²) in [6.07, 6.45) is 0.825. The van der Waals surface area contributed by atoms with Crippen molar-refractivity contribution in [3.8, 4) is 10.8 Å². The SMILES string of the molecule is Cc1ccc(Br)cc1Oc1ccc(C=O)s1. The standard InChI is InChI=1S/C12H9BrO2S/c1-8-2-3-9(13)6-11(8)15-12-5-4-10(7-14)16-12/h2-7H,1H3. The van der Waals surface area contributed by atoms with E-state index in [1.807, 2.05) is 25.1 Å². The summed E-state index contributed by atoms with van der Waals surface area (Å²) in [5.41, 5.74) is 1.06. The van der Waals surface area contributed by atoms with E-state index in [0.29, 0.717) is 4.88 Å². The molecule has 0 N–H and O–H groups in total. The molecule has 0 fully saturated rings. The first-order chi connectivity index (χ1) is 7.69. The van der Waals surface area contributed by atoms with Gasteiger partial charge < -0.3 is 4.74 Å². The number of aldehydes is 1. The second-order valence-corrected chi connectivity index (χ2v) is 5.28. The third-order valence-electron chi connectivity index (χ3n) is 2.08. The van der Waals surface area contributed by atoms with Crippen molar-refractivity contribution >= 4 is 33.6 Å². The number of thiophene rings is 1. The van der Waals surface area contributed by atoms with Gasteiger partial charge in [0.15, 0.2) is 11.3 Å². The van der Waals surface area contributed by atoms with E-state index in [-0.39, 0.29) is 0 Å². The van der Waals surface area contributed by atoms with E-state index in [1.165, 1.54) is 11.3 Å². The smallest absolute Gasteiger partial charge is 0.181 e. The van der Waals surface area contributed by atoms with Crippen LogP contribution in [-0.2, 0) is 0 Å². The van der Waals surface area contributed by atoms with Gasteiger partial charge in [0.1, 0.15) is 5.75 Å². The lowest BCUT2D eigenvalue weighted by molar-refractivity contribution is 0.112. The second-order valence-electron chi connectivity index (χ2n) is 3.29. The topological polar surface area (TPSA) is 26.3 Å². The zero-order valence-electron chi connectivity index (χ0n) is 8.57. The summed E-state index contributed by atoms with van der Waals surface area (Å²) in [6.45, 7) is 1.98. The second kappa shape index (κ2) is 4.80. The Morgan fingerprint density at radius 3 is 2.81 bits per heavy atom. The van der Waals surface area contributed by atoms with Gasteiger partial charge in [0.2, 0.25) is 0 Å². The van der Waals surface area contributed by atoms with Gasteiger partial charge >= 0.3 is 0 Å². The molecule has 0 unspecified atom stereocenters. The number of hydrogen-bond donors (Lipinski definition) is 0. The van der Waals surface area contributed by atoms with Crippen LogP contribution < -0.4 is 4.74 Å². The first-order valence-electron chi connectivity index (χ1n) is 4.68. The number of aryl methyl sites for hydroxylation is 1. The maximum Gasteiger partial charge on any atom is 0.181 e. The molecule has 0 saturated heterocycles. The zero-order valence-corrected chi connectivity index (χ0v) is 11.0. The Labute approximate surface area is 106 Å². The summed E-state index contributed by atoms with van der Waals surface area (Å²) in [4.78, 5) is 11.2. The summed E-state index contributed by atoms with van der Waals surface area (Å²) in [5.74, 6) is 0.800. The molecule has 0 spiro atoms. The fraction of sp³-hybridized carbons (Fsp3) is 0.0833. The number of hydrogen-bond acceptors (Lipinski definition) is 3. The Bertz CT molecular complexity index is 519. The lowest BCUT2D eigenvalue weighted by atomic mass is 10.2. The number of halogens is 1. The zero-order chi connectivity index (χ0) is 11.5. The van der Waals surface area contributed by atoms with Crippen molar-refractivity contribution in [3.05, 3.63) is 45.2 Å². The van der Waals surface area contributed by atoms with Gasteiger partial charge in [-0.3, -0.25) is 4.79 Å². The highest BCUT2D eigenvalue weighted by molar-refractivity contribution is 9.10. The van der Waals surface area contributed by atoms with Gasteiger partial charge in [0.05, 0.1) is 4.88 Å². The highest BCUT2D eigenvalue weighted by Gasteiger charge is 2.05. The maximum absolute atomic E-state index is 10.5. The van der Waals surface area contributed by atoms with E-state index < -0.39 is 0 Å². The van der Waals surface area contributed by atoms with E-state index in [1.54, 1.807) is 12.1 Å². The van der Waals surface area contributed by atoms with Crippen LogP contribution in [0.2, 0.25) is 0 Å². The Kier molecular flexibility index (Phi) is 3.41. The van der Waals surface area contributed by atoms with Gasteiger partial charge in [0, 0.05) is 4.47 Å². The highest BCUT2D eigenvalue weighted by Crippen LogP contribution is 2.32. The molecule has 1 aromatic heterocycles. The van der Waals surface area contributed by atoms with Crippen LogP contribution in [-0.4, -0.2) is 6.29 Å². The average Bonchev–Trinajstić information content (AvgIpc) is 2.71. The lowest BCUT2D eigenvalue weighted by Gasteiger charge is -2.06. The normalized spacial score (nSPS) is 10.1. The van der Waals surface area contributed by atoms with Crippen molar-refractivity contribution in [3.63, 3.8) is 0 Å². The molecule has 2 rings (SSSR count). The highest BCUT2D eigenvalue weighted by atomic mass is 79.9. The molecule has 2 nitrogen and oxygen atoms in total. The minimum Gasteiger partial charge on any atom is -0.446 e. The molecule has 82 valence electrons. The Morgan fingerprint density at radius 1 is 1.31 bits per heavy atom. The summed E-state index contributed by atoms with van der Waals surface area (Å²) < 4.78 is 6.67. The summed E-state index contributed by atoms with van der Waals surface area (Å²) in [6, 6.07) is 9.41. The first kappa shape index (κ1) is 11.4. The number of ether oxygens (including phenoxy) is 1. The van der Waals surface area contributed by atoms with E-state index in [4.69, 9.17) is 4.74 Å². The van der Waals surface area contributed by atoms with Crippen LogP contribution in [0.3, 0.4) is 0 Å². The van der Waals surface area contributed by atoms with Crippen LogP contribution in [0.4, 0.5) is 0 Å². The van der Waals surface area contributed by atoms with Crippen LogP contribution in [0.1, 0.15) is 15.2 Å². The summed E-state index contributed by atoms with van der Waals surface area (Å²) in [5, 5.41) is 0.725. The van der Waals surface area contributed by atoms with Crippen LogP contribution in [0.15, 0.2) is 34.8 Å². The van der Waals surface area contributed by atoms with Crippen molar-refractivity contribution in [2.75, 3.05) is 0 Å². The van der Waals surface area contributed by atoms with Crippen LogP contribution >= 0.6 is 27.3 Å². The van der Waals surface area contributed by atoms with E-state index in [2.05, 4.69) is 15.9 Å². The molecule has 16 heavy (non-hydrogen) atoms. The van der Waals surface area contributed by atoms with Gasteiger partial charge in [-0.2, -0.15) is 0 Å². The number of carbonyl (C=O) groups is 1. The third kappa shape index (κ3) is 2.51. The predicted molar refractivity (Wildman–Crippen MR) is 68.7 cm³/mol. The van der Waals surface area contributed by atoms with Crippen LogP contribution in [0, 0.1) is 6.92 Å². The van der Waals surface area contributed by atoms with Crippen LogP contribution in [0.5, 0.6) is 10.8 Å². The van der Waals surface area contributed by atoms with Crippen molar-refractivity contribution in [2.24, 2.45) is 0 Å².